The van der Waals surface area contributed by atoms with Gasteiger partial charge in [0.15, 0.2) is 0 Å². The van der Waals surface area contributed by atoms with Crippen LogP contribution in [0, 0.1) is 17.1 Å². The third-order valence-electron chi connectivity index (χ3n) is 7.53. The quantitative estimate of drug-likeness (QED) is 0.585. The molecule has 37 heavy (non-hydrogen) atoms. The Morgan fingerprint density at radius 3 is 2.35 bits per heavy atom. The van der Waals surface area contributed by atoms with Gasteiger partial charge in [-0.15, -0.1) is 0 Å². The van der Waals surface area contributed by atoms with Gasteiger partial charge in [-0.1, -0.05) is 24.3 Å². The molecule has 0 unspecified atom stereocenters. The zero-order valence-electron chi connectivity index (χ0n) is 21.1. The highest BCUT2D eigenvalue weighted by Gasteiger charge is 2.28. The highest BCUT2D eigenvalue weighted by Crippen LogP contribution is 2.24. The molecule has 0 aromatic heterocycles. The predicted octanol–water partition coefficient (Wildman–Crippen LogP) is 4.49. The second kappa shape index (κ2) is 11.6. The molecule has 3 aliphatic rings. The summed E-state index contributed by atoms with van der Waals surface area (Å²) >= 11 is 0. The molecule has 3 heterocycles. The summed E-state index contributed by atoms with van der Waals surface area (Å²) in [7, 11) is 0. The first-order valence-corrected chi connectivity index (χ1v) is 13.1. The maximum Gasteiger partial charge on any atom is 0.255 e. The van der Waals surface area contributed by atoms with Crippen LogP contribution in [0.25, 0.3) is 0 Å². The zero-order valence-corrected chi connectivity index (χ0v) is 21.1. The second-order valence-electron chi connectivity index (χ2n) is 10.1. The fourth-order valence-corrected chi connectivity index (χ4v) is 5.37. The largest absolute Gasteiger partial charge is 0.490 e. The molecule has 7 heteroatoms. The molecular weight excluding hydrogens is 467 g/mol. The van der Waals surface area contributed by atoms with Gasteiger partial charge in [-0.3, -0.25) is 9.69 Å². The molecule has 0 saturated carbocycles. The molecule has 0 atom stereocenters. The average Bonchev–Trinajstić information content (AvgIpc) is 2.95. The van der Waals surface area contributed by atoms with E-state index in [2.05, 4.69) is 28.1 Å². The first-order valence-electron chi connectivity index (χ1n) is 13.1. The number of hydrogen-bond donors (Lipinski definition) is 0. The molecule has 0 aliphatic carbocycles. The smallest absolute Gasteiger partial charge is 0.255 e. The Morgan fingerprint density at radius 2 is 1.68 bits per heavy atom. The number of hydrogen-bond acceptors (Lipinski definition) is 5. The number of halogens is 1. The summed E-state index contributed by atoms with van der Waals surface area (Å²) in [6.45, 7) is 5.09. The topological polar surface area (TPSA) is 59.8 Å². The van der Waals surface area contributed by atoms with E-state index >= 15 is 0 Å². The van der Waals surface area contributed by atoms with Crippen LogP contribution in [0.2, 0.25) is 0 Å². The number of carbonyl (C=O) groups is 1. The summed E-state index contributed by atoms with van der Waals surface area (Å²) in [6.07, 6.45) is 9.81. The van der Waals surface area contributed by atoms with Crippen molar-refractivity contribution >= 4 is 5.91 Å². The molecular formula is C30H33FN4O2. The van der Waals surface area contributed by atoms with E-state index in [0.717, 1.165) is 57.4 Å². The average molecular weight is 501 g/mol. The fraction of sp³-hybridized carbons (Fsp3) is 0.400. The van der Waals surface area contributed by atoms with Gasteiger partial charge in [-0.2, -0.15) is 5.26 Å². The molecule has 3 aliphatic heterocycles. The molecule has 2 fully saturated rings. The van der Waals surface area contributed by atoms with Crippen LogP contribution < -0.4 is 4.74 Å². The van der Waals surface area contributed by atoms with E-state index in [1.54, 1.807) is 12.1 Å². The number of benzene rings is 2. The van der Waals surface area contributed by atoms with Gasteiger partial charge >= 0.3 is 0 Å². The minimum Gasteiger partial charge on any atom is -0.490 e. The van der Waals surface area contributed by atoms with Gasteiger partial charge in [0.05, 0.1) is 17.2 Å². The van der Waals surface area contributed by atoms with Crippen LogP contribution in [0.3, 0.4) is 0 Å². The van der Waals surface area contributed by atoms with E-state index in [1.807, 2.05) is 35.2 Å². The SMILES string of the molecule is N#Cc1ccc(CN2CCC(N3C=C(C(=O)N4CCC(Oc5ccc(F)cc5)CC4)C=CC3)CC2)cc1. The van der Waals surface area contributed by atoms with Crippen molar-refractivity contribution in [3.63, 3.8) is 0 Å². The molecule has 192 valence electrons. The summed E-state index contributed by atoms with van der Waals surface area (Å²) in [5.74, 6) is 0.478. The maximum absolute atomic E-state index is 13.3. The Morgan fingerprint density at radius 1 is 0.973 bits per heavy atom. The van der Waals surface area contributed by atoms with E-state index in [9.17, 15) is 9.18 Å². The summed E-state index contributed by atoms with van der Waals surface area (Å²) in [4.78, 5) is 20.0. The number of rotatable bonds is 6. The maximum atomic E-state index is 13.3. The lowest BCUT2D eigenvalue weighted by atomic mass is 10.0. The molecule has 0 N–H and O–H groups in total. The van der Waals surface area contributed by atoms with Crippen LogP contribution in [0.1, 0.15) is 36.8 Å². The van der Waals surface area contributed by atoms with Crippen molar-refractivity contribution in [2.45, 2.75) is 44.4 Å². The molecule has 0 radical (unpaired) electrons. The van der Waals surface area contributed by atoms with Crippen molar-refractivity contribution in [2.75, 3.05) is 32.7 Å². The van der Waals surface area contributed by atoms with Crippen LogP contribution in [0.4, 0.5) is 4.39 Å². The third-order valence-corrected chi connectivity index (χ3v) is 7.53. The van der Waals surface area contributed by atoms with E-state index in [1.165, 1.54) is 17.7 Å². The Hall–Kier alpha value is -3.63. The Balaban J connectivity index is 1.10. The third kappa shape index (κ3) is 6.39. The van der Waals surface area contributed by atoms with Crippen LogP contribution >= 0.6 is 0 Å². The minimum atomic E-state index is -0.274. The number of piperidine rings is 2. The normalized spacial score (nSPS) is 19.4. The fourth-order valence-electron chi connectivity index (χ4n) is 5.37. The monoisotopic (exact) mass is 500 g/mol. The molecule has 6 nitrogen and oxygen atoms in total. The molecule has 2 saturated heterocycles. The van der Waals surface area contributed by atoms with Gasteiger partial charge in [0.2, 0.25) is 0 Å². The minimum absolute atomic E-state index is 0.0383. The first kappa shape index (κ1) is 25.0. The summed E-state index contributed by atoms with van der Waals surface area (Å²) < 4.78 is 19.1. The van der Waals surface area contributed by atoms with E-state index in [-0.39, 0.29) is 17.8 Å². The molecule has 2 aromatic rings. The Bertz CT molecular complexity index is 1170. The number of nitriles is 1. The van der Waals surface area contributed by atoms with Crippen molar-refractivity contribution in [3.8, 4) is 11.8 Å². The second-order valence-corrected chi connectivity index (χ2v) is 10.1. The molecule has 5 rings (SSSR count). The number of nitrogens with zero attached hydrogens (tertiary/aromatic N) is 4. The van der Waals surface area contributed by atoms with E-state index in [4.69, 9.17) is 10.00 Å². The van der Waals surface area contributed by atoms with Crippen molar-refractivity contribution in [2.24, 2.45) is 0 Å². The van der Waals surface area contributed by atoms with Crippen molar-refractivity contribution in [1.29, 1.82) is 5.26 Å². The van der Waals surface area contributed by atoms with Crippen LogP contribution in [0.5, 0.6) is 5.75 Å². The lowest BCUT2D eigenvalue weighted by Gasteiger charge is -2.39. The first-order chi connectivity index (χ1) is 18.1. The predicted molar refractivity (Wildman–Crippen MR) is 140 cm³/mol. The summed E-state index contributed by atoms with van der Waals surface area (Å²) in [5.41, 5.74) is 2.68. The van der Waals surface area contributed by atoms with Gasteiger partial charge < -0.3 is 14.5 Å². The van der Waals surface area contributed by atoms with Gasteiger partial charge in [0, 0.05) is 64.4 Å². The lowest BCUT2D eigenvalue weighted by molar-refractivity contribution is -0.128. The van der Waals surface area contributed by atoms with Crippen molar-refractivity contribution in [3.05, 3.63) is 89.4 Å². The number of carbonyl (C=O) groups excluding carboxylic acids is 1. The lowest BCUT2D eigenvalue weighted by Crippen LogP contribution is -2.45. The van der Waals surface area contributed by atoms with Crippen LogP contribution in [-0.2, 0) is 11.3 Å². The van der Waals surface area contributed by atoms with Crippen molar-refractivity contribution in [1.82, 2.24) is 14.7 Å². The number of ether oxygens (including phenoxy) is 1. The van der Waals surface area contributed by atoms with Gasteiger partial charge in [-0.05, 0) is 54.8 Å². The standard InChI is InChI=1S/C30H33FN4O2/c31-26-7-9-28(10-8-26)37-29-13-18-34(19-14-29)30(36)25-2-1-15-35(22-25)27-11-16-33(17-12-27)21-24-5-3-23(20-32)4-6-24/h1-10,22,27,29H,11-19,21H2. The van der Waals surface area contributed by atoms with Crippen molar-refractivity contribution < 1.29 is 13.9 Å². The summed E-state index contributed by atoms with van der Waals surface area (Å²) in [5, 5.41) is 8.98. The number of likely N-dealkylation sites (tertiary alicyclic amines) is 2. The van der Waals surface area contributed by atoms with Gasteiger partial charge in [0.25, 0.3) is 5.91 Å². The van der Waals surface area contributed by atoms with E-state index in [0.29, 0.717) is 30.4 Å². The molecule has 0 bridgehead atoms. The molecule has 1 amide bonds. The summed E-state index contributed by atoms with van der Waals surface area (Å²) in [6, 6.07) is 16.6. The number of amides is 1. The van der Waals surface area contributed by atoms with E-state index < -0.39 is 0 Å². The molecule has 0 spiro atoms. The van der Waals surface area contributed by atoms with Crippen LogP contribution in [0.15, 0.2) is 72.5 Å². The highest BCUT2D eigenvalue weighted by atomic mass is 19.1. The molecule has 2 aromatic carbocycles. The zero-order chi connectivity index (χ0) is 25.6. The van der Waals surface area contributed by atoms with Gasteiger partial charge in [-0.25, -0.2) is 4.39 Å². The highest BCUT2D eigenvalue weighted by molar-refractivity contribution is 5.96. The van der Waals surface area contributed by atoms with Crippen LogP contribution in [-0.4, -0.2) is 65.5 Å². The van der Waals surface area contributed by atoms with Gasteiger partial charge in [0.1, 0.15) is 17.7 Å². The Labute approximate surface area is 218 Å². The Kier molecular flexibility index (Phi) is 7.86.